The summed E-state index contributed by atoms with van der Waals surface area (Å²) in [5.41, 5.74) is -0.0584. The largest absolute Gasteiger partial charge is 0.493 e. The van der Waals surface area contributed by atoms with Crippen LogP contribution in [0.25, 0.3) is 6.08 Å². The average Bonchev–Trinajstić information content (AvgIpc) is 2.83. The molecule has 0 fully saturated rings. The number of aromatic carboxylic acids is 1. The van der Waals surface area contributed by atoms with E-state index in [1.54, 1.807) is 30.3 Å². The second-order valence-corrected chi connectivity index (χ2v) is 8.28. The molecular weight excluding hydrogens is 460 g/mol. The number of nitrogens with one attached hydrogen (secondary N) is 1. The van der Waals surface area contributed by atoms with Crippen molar-refractivity contribution in [2.24, 2.45) is 0 Å². The summed E-state index contributed by atoms with van der Waals surface area (Å²) in [6.45, 7) is 0. The maximum atomic E-state index is 12.6. The third-order valence-electron chi connectivity index (χ3n) is 4.50. The summed E-state index contributed by atoms with van der Waals surface area (Å²) in [4.78, 5) is 23.8. The molecule has 0 unspecified atom stereocenters. The third-order valence-corrected chi connectivity index (χ3v) is 5.75. The Balaban J connectivity index is 1.87. The van der Waals surface area contributed by atoms with Crippen molar-refractivity contribution in [1.29, 1.82) is 5.26 Å². The number of carbonyl (C=O) groups is 2. The molecule has 34 heavy (non-hydrogen) atoms. The Morgan fingerprint density at radius 2 is 1.68 bits per heavy atom. The Kier molecular flexibility index (Phi) is 7.30. The highest BCUT2D eigenvalue weighted by Gasteiger charge is 2.19. The van der Waals surface area contributed by atoms with E-state index in [-0.39, 0.29) is 33.2 Å². The summed E-state index contributed by atoms with van der Waals surface area (Å²) in [6, 6.07) is 19.3. The molecule has 0 bridgehead atoms. The van der Waals surface area contributed by atoms with Crippen LogP contribution in [-0.2, 0) is 14.9 Å². The quantitative estimate of drug-likeness (QED) is 0.283. The minimum atomic E-state index is -4.11. The number of nitrogens with zero attached hydrogens (tertiary/aromatic N) is 1. The first kappa shape index (κ1) is 24.0. The molecule has 0 atom stereocenters. The molecule has 3 aromatic rings. The molecule has 0 radical (unpaired) electrons. The third kappa shape index (κ3) is 5.59. The Morgan fingerprint density at radius 3 is 2.32 bits per heavy atom. The molecular formula is C24H18N2O7S. The summed E-state index contributed by atoms with van der Waals surface area (Å²) >= 11 is 0. The van der Waals surface area contributed by atoms with Crippen molar-refractivity contribution in [1.82, 2.24) is 0 Å². The van der Waals surface area contributed by atoms with Gasteiger partial charge in [-0.1, -0.05) is 36.4 Å². The lowest BCUT2D eigenvalue weighted by atomic mass is 10.1. The predicted molar refractivity (Wildman–Crippen MR) is 123 cm³/mol. The van der Waals surface area contributed by atoms with Gasteiger partial charge in [0.1, 0.15) is 16.5 Å². The van der Waals surface area contributed by atoms with E-state index in [0.29, 0.717) is 5.56 Å². The number of anilines is 1. The number of carboxylic acids is 1. The van der Waals surface area contributed by atoms with Crippen molar-refractivity contribution in [3.63, 3.8) is 0 Å². The SMILES string of the molecule is COc1cc(/C=C(\C#N)C(=O)Nc2ccccc2C(=O)O)ccc1OS(=O)(=O)c1ccccc1. The standard InChI is InChI=1S/C24H18N2O7S/c1-32-22-14-16(11-12-21(22)33-34(30,31)18-7-3-2-4-8-18)13-17(15-25)23(27)26-20-10-6-5-9-19(20)24(28)29/h2-14H,1H3,(H,26,27)(H,28,29)/b17-13+. The Hall–Kier alpha value is -4.62. The lowest BCUT2D eigenvalue weighted by Gasteiger charge is -2.11. The number of carbonyl (C=O) groups excluding carboxylic acids is 1. The summed E-state index contributed by atoms with van der Waals surface area (Å²) in [5.74, 6) is -2.07. The minimum absolute atomic E-state index is 0.0357. The molecule has 172 valence electrons. The molecule has 10 heteroatoms. The van der Waals surface area contributed by atoms with E-state index in [9.17, 15) is 28.4 Å². The van der Waals surface area contributed by atoms with Crippen molar-refractivity contribution in [2.45, 2.75) is 4.90 Å². The van der Waals surface area contributed by atoms with Gasteiger partial charge in [-0.05, 0) is 48.0 Å². The van der Waals surface area contributed by atoms with Crippen molar-refractivity contribution >= 4 is 33.8 Å². The maximum absolute atomic E-state index is 12.6. The summed E-state index contributed by atoms with van der Waals surface area (Å²) in [6.07, 6.45) is 1.25. The molecule has 3 aromatic carbocycles. The van der Waals surface area contributed by atoms with Crippen LogP contribution in [0, 0.1) is 11.3 Å². The lowest BCUT2D eigenvalue weighted by molar-refractivity contribution is -0.112. The number of benzene rings is 3. The normalized spacial score (nSPS) is 11.2. The number of nitriles is 1. The van der Waals surface area contributed by atoms with Crippen LogP contribution in [-0.4, -0.2) is 32.5 Å². The van der Waals surface area contributed by atoms with E-state index >= 15 is 0 Å². The molecule has 0 aliphatic rings. The number of ether oxygens (including phenoxy) is 1. The Labute approximate surface area is 195 Å². The first-order valence-electron chi connectivity index (χ1n) is 9.68. The van der Waals surface area contributed by atoms with Gasteiger partial charge in [0.15, 0.2) is 11.5 Å². The molecule has 0 saturated carbocycles. The van der Waals surface area contributed by atoms with Crippen molar-refractivity contribution in [2.75, 3.05) is 12.4 Å². The maximum Gasteiger partial charge on any atom is 0.339 e. The van der Waals surface area contributed by atoms with Crippen LogP contribution in [0.1, 0.15) is 15.9 Å². The van der Waals surface area contributed by atoms with Crippen LogP contribution in [0.4, 0.5) is 5.69 Å². The van der Waals surface area contributed by atoms with E-state index in [1.807, 2.05) is 0 Å². The van der Waals surface area contributed by atoms with E-state index in [0.717, 1.165) is 0 Å². The number of hydrogen-bond donors (Lipinski definition) is 2. The number of carboxylic acid groups (broad SMARTS) is 1. The van der Waals surface area contributed by atoms with Gasteiger partial charge in [-0.25, -0.2) is 4.79 Å². The fourth-order valence-corrected chi connectivity index (χ4v) is 3.84. The molecule has 0 aromatic heterocycles. The van der Waals surface area contributed by atoms with Gasteiger partial charge >= 0.3 is 16.1 Å². The molecule has 3 rings (SSSR count). The van der Waals surface area contributed by atoms with Gasteiger partial charge in [0.25, 0.3) is 5.91 Å². The van der Waals surface area contributed by atoms with Crippen molar-refractivity contribution in [3.8, 4) is 17.6 Å². The lowest BCUT2D eigenvalue weighted by Crippen LogP contribution is -2.16. The summed E-state index contributed by atoms with van der Waals surface area (Å²) in [7, 11) is -2.79. The summed E-state index contributed by atoms with van der Waals surface area (Å²) < 4.78 is 35.4. The Bertz CT molecular complexity index is 1410. The molecule has 0 heterocycles. The molecule has 1 amide bonds. The number of hydrogen-bond acceptors (Lipinski definition) is 7. The number of methoxy groups -OCH3 is 1. The monoisotopic (exact) mass is 478 g/mol. The number of rotatable bonds is 8. The molecule has 0 aliphatic carbocycles. The van der Waals surface area contributed by atoms with E-state index in [2.05, 4.69) is 5.32 Å². The summed E-state index contributed by atoms with van der Waals surface area (Å²) in [5, 5.41) is 21.1. The number of para-hydroxylation sites is 1. The van der Waals surface area contributed by atoms with Gasteiger partial charge in [-0.3, -0.25) is 4.79 Å². The van der Waals surface area contributed by atoms with Crippen LogP contribution in [0.3, 0.4) is 0 Å². The van der Waals surface area contributed by atoms with Crippen molar-refractivity contribution < 1.29 is 32.0 Å². The average molecular weight is 478 g/mol. The fourth-order valence-electron chi connectivity index (χ4n) is 2.88. The Morgan fingerprint density at radius 1 is 1.00 bits per heavy atom. The van der Waals surface area contributed by atoms with Gasteiger partial charge in [-0.15, -0.1) is 0 Å². The highest BCUT2D eigenvalue weighted by molar-refractivity contribution is 7.87. The molecule has 9 nitrogen and oxygen atoms in total. The van der Waals surface area contributed by atoms with Gasteiger partial charge in [0.05, 0.1) is 18.4 Å². The molecule has 0 aliphatic heterocycles. The predicted octanol–water partition coefficient (Wildman–Crippen LogP) is 3.71. The van der Waals surface area contributed by atoms with Crippen LogP contribution in [0.5, 0.6) is 11.5 Å². The van der Waals surface area contributed by atoms with Crippen LogP contribution < -0.4 is 14.2 Å². The van der Waals surface area contributed by atoms with Gasteiger partial charge in [0, 0.05) is 0 Å². The van der Waals surface area contributed by atoms with E-state index < -0.39 is 22.0 Å². The highest BCUT2D eigenvalue weighted by Crippen LogP contribution is 2.31. The van der Waals surface area contributed by atoms with Crippen molar-refractivity contribution in [3.05, 3.63) is 89.5 Å². The molecule has 2 N–H and O–H groups in total. The van der Waals surface area contributed by atoms with Crippen LogP contribution >= 0.6 is 0 Å². The second-order valence-electron chi connectivity index (χ2n) is 6.74. The zero-order chi connectivity index (χ0) is 24.7. The zero-order valence-corrected chi connectivity index (χ0v) is 18.6. The van der Waals surface area contributed by atoms with Crippen LogP contribution in [0.15, 0.2) is 83.3 Å². The minimum Gasteiger partial charge on any atom is -0.493 e. The molecule has 0 saturated heterocycles. The van der Waals surface area contributed by atoms with Crippen LogP contribution in [0.2, 0.25) is 0 Å². The van der Waals surface area contributed by atoms with E-state index in [4.69, 9.17) is 8.92 Å². The second kappa shape index (κ2) is 10.3. The topological polar surface area (TPSA) is 143 Å². The highest BCUT2D eigenvalue weighted by atomic mass is 32.2. The smallest absolute Gasteiger partial charge is 0.339 e. The van der Waals surface area contributed by atoms with Gasteiger partial charge in [0.2, 0.25) is 0 Å². The van der Waals surface area contributed by atoms with Gasteiger partial charge in [-0.2, -0.15) is 13.7 Å². The first-order valence-corrected chi connectivity index (χ1v) is 11.1. The van der Waals surface area contributed by atoms with E-state index in [1.165, 1.54) is 61.7 Å². The molecule has 0 spiro atoms. The first-order chi connectivity index (χ1) is 16.2. The number of amides is 1. The fraction of sp³-hybridized carbons (Fsp3) is 0.0417. The van der Waals surface area contributed by atoms with Gasteiger partial charge < -0.3 is 19.3 Å². The zero-order valence-electron chi connectivity index (χ0n) is 17.8.